The minimum absolute atomic E-state index is 0.0467. The van der Waals surface area contributed by atoms with Crippen molar-refractivity contribution in [1.29, 1.82) is 0 Å². The van der Waals surface area contributed by atoms with Gasteiger partial charge in [-0.15, -0.1) is 0 Å². The van der Waals surface area contributed by atoms with Crippen LogP contribution in [0.3, 0.4) is 0 Å². The van der Waals surface area contributed by atoms with Crippen LogP contribution in [0.15, 0.2) is 39.9 Å². The van der Waals surface area contributed by atoms with Crippen molar-refractivity contribution >= 4 is 28.1 Å². The molecule has 0 spiro atoms. The van der Waals surface area contributed by atoms with Gasteiger partial charge in [0.2, 0.25) is 0 Å². The lowest BCUT2D eigenvalue weighted by molar-refractivity contribution is -0.123. The van der Waals surface area contributed by atoms with Crippen LogP contribution in [-0.4, -0.2) is 25.8 Å². The van der Waals surface area contributed by atoms with Gasteiger partial charge in [0, 0.05) is 0 Å². The summed E-state index contributed by atoms with van der Waals surface area (Å²) in [6.07, 6.45) is 1.62. The van der Waals surface area contributed by atoms with Crippen molar-refractivity contribution in [2.75, 3.05) is 13.7 Å². The molecule has 0 saturated heterocycles. The molecule has 6 heteroatoms. The SMILES string of the molecule is COc1ccc(/C=N/NC(=O)COc2ccc(C(C)(C)C)cc2Br)c(C)c1C. The number of halogens is 1. The average molecular weight is 447 g/mol. The van der Waals surface area contributed by atoms with Gasteiger partial charge in [0.1, 0.15) is 11.5 Å². The topological polar surface area (TPSA) is 59.9 Å². The number of nitrogens with zero attached hydrogens (tertiary/aromatic N) is 1. The van der Waals surface area contributed by atoms with Crippen LogP contribution >= 0.6 is 15.9 Å². The van der Waals surface area contributed by atoms with Gasteiger partial charge in [0.25, 0.3) is 5.91 Å². The summed E-state index contributed by atoms with van der Waals surface area (Å²) in [6, 6.07) is 9.67. The predicted octanol–water partition coefficient (Wildman–Crippen LogP) is 4.90. The highest BCUT2D eigenvalue weighted by Gasteiger charge is 2.15. The van der Waals surface area contributed by atoms with Gasteiger partial charge in [0.15, 0.2) is 6.61 Å². The molecule has 0 radical (unpaired) electrons. The molecule has 0 unspecified atom stereocenters. The van der Waals surface area contributed by atoms with E-state index in [-0.39, 0.29) is 17.9 Å². The molecule has 0 heterocycles. The lowest BCUT2D eigenvalue weighted by Crippen LogP contribution is -2.24. The summed E-state index contributed by atoms with van der Waals surface area (Å²) >= 11 is 3.50. The minimum Gasteiger partial charge on any atom is -0.496 e. The first-order valence-corrected chi connectivity index (χ1v) is 9.81. The molecule has 28 heavy (non-hydrogen) atoms. The van der Waals surface area contributed by atoms with E-state index < -0.39 is 0 Å². The van der Waals surface area contributed by atoms with Crippen molar-refractivity contribution in [1.82, 2.24) is 5.43 Å². The Balaban J connectivity index is 1.93. The summed E-state index contributed by atoms with van der Waals surface area (Å²) in [5, 5.41) is 4.02. The van der Waals surface area contributed by atoms with E-state index in [1.54, 1.807) is 13.3 Å². The predicted molar refractivity (Wildman–Crippen MR) is 117 cm³/mol. The molecule has 0 saturated carbocycles. The normalized spacial score (nSPS) is 11.5. The van der Waals surface area contributed by atoms with E-state index in [9.17, 15) is 4.79 Å². The maximum Gasteiger partial charge on any atom is 0.277 e. The highest BCUT2D eigenvalue weighted by molar-refractivity contribution is 9.10. The van der Waals surface area contributed by atoms with Gasteiger partial charge < -0.3 is 9.47 Å². The fraction of sp³-hybridized carbons (Fsp3) is 0.364. The zero-order valence-electron chi connectivity index (χ0n) is 17.2. The zero-order valence-corrected chi connectivity index (χ0v) is 18.8. The minimum atomic E-state index is -0.328. The third-order valence-electron chi connectivity index (χ3n) is 4.55. The van der Waals surface area contributed by atoms with E-state index in [2.05, 4.69) is 47.2 Å². The Morgan fingerprint density at radius 1 is 1.14 bits per heavy atom. The summed E-state index contributed by atoms with van der Waals surface area (Å²) in [5.74, 6) is 1.12. The second-order valence-corrected chi connectivity index (χ2v) is 8.44. The number of carbonyl (C=O) groups excluding carboxylic acids is 1. The molecular weight excluding hydrogens is 420 g/mol. The largest absolute Gasteiger partial charge is 0.496 e. The lowest BCUT2D eigenvalue weighted by atomic mass is 9.87. The molecular formula is C22H27BrN2O3. The quantitative estimate of drug-likeness (QED) is 0.506. The third kappa shape index (κ3) is 5.58. The maximum absolute atomic E-state index is 12.0. The number of ether oxygens (including phenoxy) is 2. The van der Waals surface area contributed by atoms with Crippen LogP contribution in [0.25, 0.3) is 0 Å². The summed E-state index contributed by atoms with van der Waals surface area (Å²) in [4.78, 5) is 12.0. The molecule has 0 aliphatic rings. The second kappa shape index (κ2) is 9.24. The molecule has 0 aromatic heterocycles. The van der Waals surface area contributed by atoms with Gasteiger partial charge in [-0.25, -0.2) is 5.43 Å². The van der Waals surface area contributed by atoms with Crippen molar-refractivity contribution in [2.24, 2.45) is 5.10 Å². The zero-order chi connectivity index (χ0) is 20.9. The van der Waals surface area contributed by atoms with E-state index in [1.165, 1.54) is 5.56 Å². The number of hydrogen-bond donors (Lipinski definition) is 1. The summed E-state index contributed by atoms with van der Waals surface area (Å²) in [5.41, 5.74) is 6.74. The van der Waals surface area contributed by atoms with Crippen molar-refractivity contribution in [2.45, 2.75) is 40.0 Å². The molecule has 5 nitrogen and oxygen atoms in total. The van der Waals surface area contributed by atoms with Crippen LogP contribution in [0.4, 0.5) is 0 Å². The van der Waals surface area contributed by atoms with Crippen LogP contribution in [0.1, 0.15) is 43.0 Å². The van der Waals surface area contributed by atoms with Crippen molar-refractivity contribution in [3.8, 4) is 11.5 Å². The number of benzene rings is 2. The first-order valence-electron chi connectivity index (χ1n) is 9.02. The Hall–Kier alpha value is -2.34. The lowest BCUT2D eigenvalue weighted by Gasteiger charge is -2.20. The summed E-state index contributed by atoms with van der Waals surface area (Å²) in [6.45, 7) is 10.3. The number of nitrogens with one attached hydrogen (secondary N) is 1. The standard InChI is InChI=1S/C22H27BrN2O3/c1-14-15(2)19(27-6)9-7-16(14)12-24-25-21(26)13-28-20-10-8-17(11-18(20)23)22(3,4)5/h7-12H,13H2,1-6H3,(H,25,26)/b24-12+. The Morgan fingerprint density at radius 2 is 1.82 bits per heavy atom. The van der Waals surface area contributed by atoms with Crippen LogP contribution in [0.5, 0.6) is 11.5 Å². The van der Waals surface area contributed by atoms with E-state index in [0.717, 1.165) is 26.9 Å². The number of hydrazone groups is 1. The second-order valence-electron chi connectivity index (χ2n) is 7.58. The monoisotopic (exact) mass is 446 g/mol. The fourth-order valence-electron chi connectivity index (χ4n) is 2.61. The number of carbonyl (C=O) groups is 1. The third-order valence-corrected chi connectivity index (χ3v) is 5.17. The molecule has 0 aliphatic carbocycles. The Kier molecular flexibility index (Phi) is 7.24. The highest BCUT2D eigenvalue weighted by Crippen LogP contribution is 2.31. The van der Waals surface area contributed by atoms with Crippen LogP contribution in [0, 0.1) is 13.8 Å². The van der Waals surface area contributed by atoms with Gasteiger partial charge >= 0.3 is 0 Å². The molecule has 150 valence electrons. The Labute approximate surface area is 175 Å². The number of rotatable bonds is 6. The van der Waals surface area contributed by atoms with Crippen LogP contribution in [0.2, 0.25) is 0 Å². The smallest absolute Gasteiger partial charge is 0.277 e. The van der Waals surface area contributed by atoms with E-state index in [4.69, 9.17) is 9.47 Å². The Morgan fingerprint density at radius 3 is 2.43 bits per heavy atom. The fourth-order valence-corrected chi connectivity index (χ4v) is 3.10. The molecule has 0 bridgehead atoms. The van der Waals surface area contributed by atoms with Gasteiger partial charge in [0.05, 0.1) is 17.8 Å². The maximum atomic E-state index is 12.0. The number of amides is 1. The first kappa shape index (κ1) is 22.0. The molecule has 0 aliphatic heterocycles. The summed E-state index contributed by atoms with van der Waals surface area (Å²) in [7, 11) is 1.64. The molecule has 0 atom stereocenters. The first-order chi connectivity index (χ1) is 13.1. The molecule has 1 amide bonds. The number of methoxy groups -OCH3 is 1. The van der Waals surface area contributed by atoms with Crippen molar-refractivity contribution < 1.29 is 14.3 Å². The van der Waals surface area contributed by atoms with Gasteiger partial charge in [-0.05, 0) is 81.7 Å². The molecule has 2 rings (SSSR count). The van der Waals surface area contributed by atoms with Crippen LogP contribution in [-0.2, 0) is 10.2 Å². The molecule has 2 aromatic carbocycles. The van der Waals surface area contributed by atoms with E-state index in [1.807, 2.05) is 44.2 Å². The average Bonchev–Trinajstić information content (AvgIpc) is 2.63. The number of hydrogen-bond acceptors (Lipinski definition) is 4. The van der Waals surface area contributed by atoms with Crippen LogP contribution < -0.4 is 14.9 Å². The van der Waals surface area contributed by atoms with E-state index >= 15 is 0 Å². The van der Waals surface area contributed by atoms with Gasteiger partial charge in [-0.3, -0.25) is 4.79 Å². The molecule has 2 aromatic rings. The van der Waals surface area contributed by atoms with Crippen molar-refractivity contribution in [3.05, 3.63) is 57.1 Å². The van der Waals surface area contributed by atoms with Gasteiger partial charge in [-0.1, -0.05) is 26.8 Å². The molecule has 0 fully saturated rings. The summed E-state index contributed by atoms with van der Waals surface area (Å²) < 4.78 is 11.7. The Bertz CT molecular complexity index is 886. The molecule has 1 N–H and O–H groups in total. The van der Waals surface area contributed by atoms with E-state index in [0.29, 0.717) is 5.75 Å². The van der Waals surface area contributed by atoms with Gasteiger partial charge in [-0.2, -0.15) is 5.10 Å². The van der Waals surface area contributed by atoms with Crippen molar-refractivity contribution in [3.63, 3.8) is 0 Å². The highest BCUT2D eigenvalue weighted by atomic mass is 79.9.